The highest BCUT2D eigenvalue weighted by atomic mass is 16.6. The third-order valence-electron chi connectivity index (χ3n) is 2.97. The number of nitrogens with zero attached hydrogens (tertiary/aromatic N) is 1. The number of nitrogen functional groups attached to an aromatic ring is 1. The number of para-hydroxylation sites is 1. The molecule has 0 spiro atoms. The fraction of sp³-hybridized carbons (Fsp3) is 0. The largest absolute Gasteiger partial charge is 0.356 e. The molecule has 1 heterocycles. The summed E-state index contributed by atoms with van der Waals surface area (Å²) in [6.07, 6.45) is 1.62. The lowest BCUT2D eigenvalue weighted by Gasteiger charge is -2.08. The predicted octanol–water partition coefficient (Wildman–Crippen LogP) is 1.68. The van der Waals surface area contributed by atoms with Crippen LogP contribution in [0.2, 0.25) is 0 Å². The van der Waals surface area contributed by atoms with E-state index in [-0.39, 0.29) is 5.91 Å². The molecule has 0 fully saturated rings. The molecule has 2 aromatic rings. The number of rotatable bonds is 1. The summed E-state index contributed by atoms with van der Waals surface area (Å²) >= 11 is 0. The van der Waals surface area contributed by atoms with Crippen LogP contribution in [0, 0.1) is 0 Å². The number of oxime groups is 1. The second kappa shape index (κ2) is 4.55. The second-order valence-electron chi connectivity index (χ2n) is 4.10. The molecule has 0 unspecified atom stereocenters. The molecule has 0 aliphatic carbocycles. The molecular weight excluding hydrogens is 242 g/mol. The summed E-state index contributed by atoms with van der Waals surface area (Å²) in [7, 11) is 0. The van der Waals surface area contributed by atoms with E-state index in [1.54, 1.807) is 18.3 Å². The number of hydrogen-bond acceptors (Lipinski definition) is 4. The van der Waals surface area contributed by atoms with Gasteiger partial charge < -0.3 is 4.84 Å². The highest BCUT2D eigenvalue weighted by Gasteiger charge is 2.15. The van der Waals surface area contributed by atoms with Crippen LogP contribution in [-0.2, 0) is 0 Å². The molecule has 2 aromatic carbocycles. The zero-order valence-electron chi connectivity index (χ0n) is 9.96. The van der Waals surface area contributed by atoms with Crippen LogP contribution in [0.25, 0.3) is 11.1 Å². The van der Waals surface area contributed by atoms with Gasteiger partial charge in [0.25, 0.3) is 5.91 Å². The number of hydrogen-bond donors (Lipinski definition) is 2. The maximum Gasteiger partial charge on any atom is 0.265 e. The van der Waals surface area contributed by atoms with Crippen LogP contribution in [0.1, 0.15) is 15.9 Å². The number of carbonyl (C=O) groups excluding carboxylic acids is 1. The fourth-order valence-electron chi connectivity index (χ4n) is 2.04. The van der Waals surface area contributed by atoms with E-state index in [9.17, 15) is 4.79 Å². The van der Waals surface area contributed by atoms with Gasteiger partial charge in [0.2, 0.25) is 0 Å². The van der Waals surface area contributed by atoms with Crippen LogP contribution in [0.15, 0.2) is 47.6 Å². The molecular formula is C14H11N3O2. The molecule has 0 saturated heterocycles. The predicted molar refractivity (Wildman–Crippen MR) is 71.8 cm³/mol. The summed E-state index contributed by atoms with van der Waals surface area (Å²) in [6, 6.07) is 12.8. The van der Waals surface area contributed by atoms with E-state index in [1.807, 2.05) is 30.3 Å². The van der Waals surface area contributed by atoms with E-state index in [4.69, 9.17) is 10.7 Å². The van der Waals surface area contributed by atoms with Crippen molar-refractivity contribution in [1.82, 2.24) is 5.43 Å². The Hall–Kier alpha value is -2.66. The summed E-state index contributed by atoms with van der Waals surface area (Å²) in [6.45, 7) is 0. The minimum absolute atomic E-state index is 0.331. The molecule has 1 aliphatic rings. The maximum atomic E-state index is 11.6. The first-order valence-corrected chi connectivity index (χ1v) is 5.74. The van der Waals surface area contributed by atoms with E-state index < -0.39 is 0 Å². The summed E-state index contributed by atoms with van der Waals surface area (Å²) in [5, 5.41) is 3.90. The molecule has 3 N–H and O–H groups in total. The number of carbonyl (C=O) groups is 1. The molecule has 0 atom stereocenters. The van der Waals surface area contributed by atoms with Crippen molar-refractivity contribution >= 4 is 12.1 Å². The van der Waals surface area contributed by atoms with Crippen molar-refractivity contribution in [3.8, 4) is 16.9 Å². The Bertz CT molecular complexity index is 680. The highest BCUT2D eigenvalue weighted by Crippen LogP contribution is 2.34. The Kier molecular flexibility index (Phi) is 2.74. The van der Waals surface area contributed by atoms with Crippen molar-refractivity contribution in [3.05, 3.63) is 53.6 Å². The minimum Gasteiger partial charge on any atom is -0.356 e. The van der Waals surface area contributed by atoms with Crippen LogP contribution >= 0.6 is 0 Å². The number of nitrogens with two attached hydrogens (primary N) is 1. The zero-order chi connectivity index (χ0) is 13.2. The zero-order valence-corrected chi connectivity index (χ0v) is 9.96. The first-order chi connectivity index (χ1) is 9.29. The summed E-state index contributed by atoms with van der Waals surface area (Å²) in [5.41, 5.74) is 5.28. The van der Waals surface area contributed by atoms with Gasteiger partial charge in [-0.2, -0.15) is 0 Å². The third kappa shape index (κ3) is 1.96. The molecule has 19 heavy (non-hydrogen) atoms. The average Bonchev–Trinajstić information content (AvgIpc) is 2.65. The molecule has 3 rings (SSSR count). The Morgan fingerprint density at radius 1 is 1.16 bits per heavy atom. The van der Waals surface area contributed by atoms with Crippen LogP contribution in [-0.4, -0.2) is 12.1 Å². The van der Waals surface area contributed by atoms with Gasteiger partial charge in [0, 0.05) is 16.7 Å². The van der Waals surface area contributed by atoms with E-state index >= 15 is 0 Å². The fourth-order valence-corrected chi connectivity index (χ4v) is 2.04. The molecule has 0 radical (unpaired) electrons. The van der Waals surface area contributed by atoms with Gasteiger partial charge in [0.15, 0.2) is 5.75 Å². The Morgan fingerprint density at radius 2 is 2.00 bits per heavy atom. The lowest BCUT2D eigenvalue weighted by atomic mass is 9.97. The van der Waals surface area contributed by atoms with E-state index in [1.165, 1.54) is 0 Å². The molecule has 0 saturated carbocycles. The van der Waals surface area contributed by atoms with Gasteiger partial charge in [0.05, 0.1) is 6.21 Å². The molecule has 0 aromatic heterocycles. The van der Waals surface area contributed by atoms with Crippen LogP contribution in [0.5, 0.6) is 5.75 Å². The molecule has 5 heteroatoms. The first kappa shape index (κ1) is 11.4. The van der Waals surface area contributed by atoms with Crippen LogP contribution < -0.4 is 16.1 Å². The van der Waals surface area contributed by atoms with Crippen molar-refractivity contribution in [2.45, 2.75) is 0 Å². The standard InChI is InChI=1S/C14H11N3O2/c15-17-14(18)9-5-6-10-8-16-19-13-4-2-1-3-11(13)12(10)7-9/h1-8H,15H2,(H,17,18). The van der Waals surface area contributed by atoms with Crippen molar-refractivity contribution in [1.29, 1.82) is 0 Å². The Balaban J connectivity index is 2.22. The van der Waals surface area contributed by atoms with E-state index in [2.05, 4.69) is 10.6 Å². The molecule has 0 bridgehead atoms. The normalized spacial score (nSPS) is 11.8. The van der Waals surface area contributed by atoms with Crippen molar-refractivity contribution in [3.63, 3.8) is 0 Å². The van der Waals surface area contributed by atoms with Crippen molar-refractivity contribution in [2.75, 3.05) is 0 Å². The van der Waals surface area contributed by atoms with E-state index in [0.29, 0.717) is 11.3 Å². The van der Waals surface area contributed by atoms with Gasteiger partial charge in [-0.25, -0.2) is 5.84 Å². The molecule has 1 aliphatic heterocycles. The van der Waals surface area contributed by atoms with Gasteiger partial charge in [-0.1, -0.05) is 29.4 Å². The van der Waals surface area contributed by atoms with Crippen LogP contribution in [0.4, 0.5) is 0 Å². The minimum atomic E-state index is -0.331. The number of amides is 1. The van der Waals surface area contributed by atoms with Gasteiger partial charge in [0.1, 0.15) is 0 Å². The van der Waals surface area contributed by atoms with Gasteiger partial charge in [-0.05, 0) is 23.8 Å². The molecule has 5 nitrogen and oxygen atoms in total. The number of benzene rings is 2. The lowest BCUT2D eigenvalue weighted by molar-refractivity contribution is 0.0953. The third-order valence-corrected chi connectivity index (χ3v) is 2.97. The monoisotopic (exact) mass is 253 g/mol. The topological polar surface area (TPSA) is 76.7 Å². The molecule has 1 amide bonds. The molecule has 94 valence electrons. The van der Waals surface area contributed by atoms with Gasteiger partial charge in [-0.15, -0.1) is 0 Å². The first-order valence-electron chi connectivity index (χ1n) is 5.74. The van der Waals surface area contributed by atoms with E-state index in [0.717, 1.165) is 16.7 Å². The SMILES string of the molecule is NNC(=O)c1ccc2c(c1)-c1ccccc1ON=C2. The van der Waals surface area contributed by atoms with Crippen molar-refractivity contribution in [2.24, 2.45) is 11.0 Å². The summed E-state index contributed by atoms with van der Waals surface area (Å²) < 4.78 is 0. The summed E-state index contributed by atoms with van der Waals surface area (Å²) in [4.78, 5) is 16.9. The smallest absolute Gasteiger partial charge is 0.265 e. The second-order valence-corrected chi connectivity index (χ2v) is 4.10. The maximum absolute atomic E-state index is 11.6. The number of hydrazine groups is 1. The summed E-state index contributed by atoms with van der Waals surface area (Å²) in [5.74, 6) is 5.48. The quantitative estimate of drug-likeness (QED) is 0.461. The lowest BCUT2D eigenvalue weighted by Crippen LogP contribution is -2.29. The van der Waals surface area contributed by atoms with Crippen molar-refractivity contribution < 1.29 is 9.63 Å². The Labute approximate surface area is 109 Å². The Morgan fingerprint density at radius 3 is 2.84 bits per heavy atom. The number of nitrogens with one attached hydrogen (secondary N) is 1. The van der Waals surface area contributed by atoms with Gasteiger partial charge >= 0.3 is 0 Å². The number of fused-ring (bicyclic) bond motifs is 3. The highest BCUT2D eigenvalue weighted by molar-refractivity contribution is 5.99. The van der Waals surface area contributed by atoms with Crippen LogP contribution in [0.3, 0.4) is 0 Å². The average molecular weight is 253 g/mol. The van der Waals surface area contributed by atoms with Gasteiger partial charge in [-0.3, -0.25) is 10.2 Å².